The maximum absolute atomic E-state index is 13.2. The Kier molecular flexibility index (Phi) is 9.05. The number of hydrogen-bond donors (Lipinski definition) is 0. The van der Waals surface area contributed by atoms with Gasteiger partial charge in [-0.2, -0.15) is 9.78 Å². The number of esters is 1. The monoisotopic (exact) mass is 616 g/mol. The highest BCUT2D eigenvalue weighted by Crippen LogP contribution is 2.56. The molecule has 5 rings (SSSR count). The topological polar surface area (TPSA) is 107 Å². The average Bonchev–Trinajstić information content (AvgIpc) is 3.34. The van der Waals surface area contributed by atoms with Crippen LogP contribution in [0.5, 0.6) is 11.5 Å². The first-order valence-electron chi connectivity index (χ1n) is 15.6. The number of fused-ring (bicyclic) bond motifs is 6. The van der Waals surface area contributed by atoms with Gasteiger partial charge < -0.3 is 9.47 Å². The van der Waals surface area contributed by atoms with Crippen molar-refractivity contribution in [2.75, 3.05) is 0 Å². The summed E-state index contributed by atoms with van der Waals surface area (Å²) >= 11 is 0. The molecule has 0 bridgehead atoms. The third-order valence-electron chi connectivity index (χ3n) is 8.88. The Morgan fingerprint density at radius 3 is 1.67 bits per heavy atom. The molecule has 0 saturated carbocycles. The molecule has 0 aromatic heterocycles. The normalized spacial score (nSPS) is 18.8. The summed E-state index contributed by atoms with van der Waals surface area (Å²) in [6, 6.07) is 16.7. The van der Waals surface area contributed by atoms with Crippen LogP contribution in [-0.2, 0) is 29.9 Å². The Hall–Kier alpha value is -4.21. The molecule has 45 heavy (non-hydrogen) atoms. The molecule has 3 aromatic rings. The van der Waals surface area contributed by atoms with Crippen LogP contribution in [0.15, 0.2) is 60.7 Å². The predicted octanol–water partition coefficient (Wildman–Crippen LogP) is 8.37. The largest absolute Gasteiger partial charge is 0.456 e. The Labute approximate surface area is 263 Å². The number of carbonyl (C=O) groups is 3. The number of rotatable bonds is 12. The Morgan fingerprint density at radius 2 is 1.20 bits per heavy atom. The summed E-state index contributed by atoms with van der Waals surface area (Å²) in [4.78, 5) is 61.1. The molecule has 0 radical (unpaired) electrons. The van der Waals surface area contributed by atoms with Crippen LogP contribution in [0.4, 0.5) is 0 Å². The lowest BCUT2D eigenvalue weighted by Crippen LogP contribution is -2.33. The van der Waals surface area contributed by atoms with Crippen LogP contribution < -0.4 is 4.74 Å². The SMILES string of the molecule is CCCC(C)(CC)OOC(=O)c1ccc2c(c1)Oc1cc(C(=O)OOC(C)(CC)CCC)ccc1C21OC(=O)c2ccccc21. The summed E-state index contributed by atoms with van der Waals surface area (Å²) in [5.41, 5.74) is -0.168. The minimum absolute atomic E-state index is 0.179. The van der Waals surface area contributed by atoms with Crippen molar-refractivity contribution in [2.24, 2.45) is 0 Å². The van der Waals surface area contributed by atoms with E-state index in [2.05, 4.69) is 0 Å². The van der Waals surface area contributed by atoms with Gasteiger partial charge in [-0.25, -0.2) is 14.4 Å². The molecule has 1 spiro atoms. The van der Waals surface area contributed by atoms with Crippen LogP contribution >= 0.6 is 0 Å². The molecule has 0 amide bonds. The van der Waals surface area contributed by atoms with Crippen LogP contribution in [0.2, 0.25) is 0 Å². The van der Waals surface area contributed by atoms with Gasteiger partial charge in [0.25, 0.3) is 0 Å². The van der Waals surface area contributed by atoms with Gasteiger partial charge in [-0.15, -0.1) is 0 Å². The highest BCUT2D eigenvalue weighted by atomic mass is 17.2. The first-order valence-corrected chi connectivity index (χ1v) is 15.6. The molecule has 238 valence electrons. The molecule has 3 aromatic carbocycles. The van der Waals surface area contributed by atoms with Crippen molar-refractivity contribution in [1.82, 2.24) is 0 Å². The van der Waals surface area contributed by atoms with Gasteiger partial charge in [-0.05, 0) is 82.0 Å². The fourth-order valence-corrected chi connectivity index (χ4v) is 5.92. The molecule has 2 aliphatic heterocycles. The molecule has 2 aliphatic rings. The first kappa shape index (κ1) is 32.2. The number of ether oxygens (including phenoxy) is 2. The standard InChI is InChI=1S/C36H40O9/c1-7-19-34(5,9-3)44-42-31(37)23-15-17-27-29(21-23)40-30-22-24(32(38)43-45-35(6,10-4)20-8-2)16-18-28(30)36(27)26-14-12-11-13-25(26)33(39)41-36/h11-18,21-22H,7-10,19-20H2,1-6H3. The van der Waals surface area contributed by atoms with Crippen molar-refractivity contribution in [3.8, 4) is 11.5 Å². The van der Waals surface area contributed by atoms with Gasteiger partial charge in [0.05, 0.1) is 16.7 Å². The summed E-state index contributed by atoms with van der Waals surface area (Å²) in [7, 11) is 0. The maximum Gasteiger partial charge on any atom is 0.373 e. The van der Waals surface area contributed by atoms with Crippen LogP contribution in [0, 0.1) is 0 Å². The van der Waals surface area contributed by atoms with Crippen molar-refractivity contribution in [3.05, 3.63) is 94.0 Å². The molecule has 2 heterocycles. The predicted molar refractivity (Wildman–Crippen MR) is 165 cm³/mol. The molecule has 9 heteroatoms. The second-order valence-electron chi connectivity index (χ2n) is 12.2. The van der Waals surface area contributed by atoms with E-state index in [1.165, 1.54) is 12.1 Å². The number of benzene rings is 3. The summed E-state index contributed by atoms with van der Waals surface area (Å²) < 4.78 is 12.5. The molecule has 9 nitrogen and oxygen atoms in total. The lowest BCUT2D eigenvalue weighted by molar-refractivity contribution is -0.314. The number of hydrogen-bond acceptors (Lipinski definition) is 9. The van der Waals surface area contributed by atoms with Gasteiger partial charge in [0.1, 0.15) is 22.7 Å². The fourth-order valence-electron chi connectivity index (χ4n) is 5.92. The van der Waals surface area contributed by atoms with Crippen LogP contribution in [0.1, 0.15) is 128 Å². The second-order valence-corrected chi connectivity index (χ2v) is 12.2. The molecule has 0 fully saturated rings. The van der Waals surface area contributed by atoms with E-state index in [1.54, 1.807) is 36.4 Å². The van der Waals surface area contributed by atoms with Crippen molar-refractivity contribution in [2.45, 2.75) is 96.9 Å². The highest BCUT2D eigenvalue weighted by Gasteiger charge is 2.53. The molecule has 0 aliphatic carbocycles. The minimum Gasteiger partial charge on any atom is -0.456 e. The van der Waals surface area contributed by atoms with E-state index >= 15 is 0 Å². The smallest absolute Gasteiger partial charge is 0.373 e. The molecule has 0 N–H and O–H groups in total. The van der Waals surface area contributed by atoms with Crippen molar-refractivity contribution >= 4 is 17.9 Å². The zero-order valence-corrected chi connectivity index (χ0v) is 26.7. The highest BCUT2D eigenvalue weighted by molar-refractivity contribution is 5.98. The summed E-state index contributed by atoms with van der Waals surface area (Å²) in [6.45, 7) is 11.8. The second kappa shape index (κ2) is 12.7. The van der Waals surface area contributed by atoms with Crippen LogP contribution in [-0.4, -0.2) is 29.1 Å². The number of carbonyl (C=O) groups excluding carboxylic acids is 3. The van der Waals surface area contributed by atoms with Gasteiger partial charge in [-0.3, -0.25) is 9.78 Å². The maximum atomic E-state index is 13.2. The Balaban J connectivity index is 1.52. The van der Waals surface area contributed by atoms with E-state index in [9.17, 15) is 14.4 Å². The van der Waals surface area contributed by atoms with Gasteiger partial charge in [0.2, 0.25) is 0 Å². The van der Waals surface area contributed by atoms with Crippen molar-refractivity contribution in [3.63, 3.8) is 0 Å². The molecule has 2 unspecified atom stereocenters. The van der Waals surface area contributed by atoms with E-state index < -0.39 is 34.7 Å². The summed E-state index contributed by atoms with van der Waals surface area (Å²) in [5.74, 6) is -1.36. The molecular weight excluding hydrogens is 576 g/mol. The van der Waals surface area contributed by atoms with Gasteiger partial charge in [-0.1, -0.05) is 58.7 Å². The van der Waals surface area contributed by atoms with E-state index in [4.69, 9.17) is 29.0 Å². The first-order chi connectivity index (χ1) is 21.5. The quantitative estimate of drug-likeness (QED) is 0.113. The van der Waals surface area contributed by atoms with E-state index in [1.807, 2.05) is 53.7 Å². The van der Waals surface area contributed by atoms with Crippen LogP contribution in [0.3, 0.4) is 0 Å². The van der Waals surface area contributed by atoms with Crippen molar-refractivity contribution < 1.29 is 43.4 Å². The zero-order chi connectivity index (χ0) is 32.4. The van der Waals surface area contributed by atoms with Gasteiger partial charge >= 0.3 is 17.9 Å². The Morgan fingerprint density at radius 1 is 0.711 bits per heavy atom. The molecular formula is C36H40O9. The van der Waals surface area contributed by atoms with Crippen molar-refractivity contribution in [1.29, 1.82) is 0 Å². The van der Waals surface area contributed by atoms with Gasteiger partial charge in [0, 0.05) is 16.7 Å². The summed E-state index contributed by atoms with van der Waals surface area (Å²) in [5, 5.41) is 0. The average molecular weight is 617 g/mol. The lowest BCUT2D eigenvalue weighted by Gasteiger charge is -2.36. The van der Waals surface area contributed by atoms with Crippen LogP contribution in [0.25, 0.3) is 0 Å². The van der Waals surface area contributed by atoms with E-state index in [0.29, 0.717) is 35.1 Å². The zero-order valence-electron chi connectivity index (χ0n) is 26.7. The third-order valence-corrected chi connectivity index (χ3v) is 8.88. The van der Waals surface area contributed by atoms with E-state index in [-0.39, 0.29) is 22.6 Å². The Bertz CT molecular complexity index is 1530. The van der Waals surface area contributed by atoms with E-state index in [0.717, 1.165) is 25.7 Å². The molecule has 2 atom stereocenters. The van der Waals surface area contributed by atoms with Gasteiger partial charge in [0.15, 0.2) is 5.60 Å². The third kappa shape index (κ3) is 5.94. The molecule has 0 saturated heterocycles. The summed E-state index contributed by atoms with van der Waals surface area (Å²) in [6.07, 6.45) is 4.51. The lowest BCUT2D eigenvalue weighted by atomic mass is 9.77. The fraction of sp³-hybridized carbons (Fsp3) is 0.417. The minimum atomic E-state index is -1.38.